The van der Waals surface area contributed by atoms with Crippen molar-refractivity contribution in [3.05, 3.63) is 147 Å². The SMILES string of the molecule is CC(C)c1ccc(C(=O)C(Sc2ccc(I)cc2)(C(=O)C(=O)c2occc2C(=O)c2cnccn2)C(=O)c2ccccc2)cc1. The predicted octanol–water partition coefficient (Wildman–Crippen LogP) is 7.08. The molecule has 0 aliphatic carbocycles. The average Bonchev–Trinajstić information content (AvgIpc) is 3.57. The van der Waals surface area contributed by atoms with Crippen molar-refractivity contribution in [1.82, 2.24) is 9.97 Å². The highest BCUT2D eigenvalue weighted by molar-refractivity contribution is 14.1. The summed E-state index contributed by atoms with van der Waals surface area (Å²) in [7, 11) is 0. The summed E-state index contributed by atoms with van der Waals surface area (Å²) in [6.45, 7) is 4.00. The summed E-state index contributed by atoms with van der Waals surface area (Å²) < 4.78 is 3.67. The largest absolute Gasteiger partial charge is 0.460 e. The van der Waals surface area contributed by atoms with Crippen molar-refractivity contribution >= 4 is 63.3 Å². The molecule has 5 rings (SSSR count). The Labute approximate surface area is 276 Å². The van der Waals surface area contributed by atoms with Gasteiger partial charge in [0, 0.05) is 32.0 Å². The highest BCUT2D eigenvalue weighted by Gasteiger charge is 2.57. The van der Waals surface area contributed by atoms with Gasteiger partial charge in [-0.15, -0.1) is 0 Å². The van der Waals surface area contributed by atoms with Crippen molar-refractivity contribution in [3.63, 3.8) is 0 Å². The van der Waals surface area contributed by atoms with Gasteiger partial charge in [0.1, 0.15) is 5.69 Å². The molecule has 2 aromatic heterocycles. The number of halogens is 1. The Morgan fingerprint density at radius 2 is 1.44 bits per heavy atom. The van der Waals surface area contributed by atoms with Gasteiger partial charge >= 0.3 is 0 Å². The van der Waals surface area contributed by atoms with Crippen LogP contribution in [0.3, 0.4) is 0 Å². The third-order valence-corrected chi connectivity index (χ3v) is 9.13. The summed E-state index contributed by atoms with van der Waals surface area (Å²) in [6, 6.07) is 22.6. The lowest BCUT2D eigenvalue weighted by Crippen LogP contribution is -2.53. The number of hydrogen-bond acceptors (Lipinski definition) is 9. The molecule has 0 N–H and O–H groups in total. The first kappa shape index (κ1) is 31.9. The van der Waals surface area contributed by atoms with Crippen molar-refractivity contribution in [2.24, 2.45) is 0 Å². The van der Waals surface area contributed by atoms with Gasteiger partial charge in [0.25, 0.3) is 5.78 Å². The quantitative estimate of drug-likeness (QED) is 0.0436. The number of rotatable bonds is 12. The fourth-order valence-corrected chi connectivity index (χ4v) is 6.22. The van der Waals surface area contributed by atoms with Crippen molar-refractivity contribution in [3.8, 4) is 0 Å². The van der Waals surface area contributed by atoms with E-state index in [0.29, 0.717) is 16.7 Å². The number of thioether (sulfide) groups is 1. The van der Waals surface area contributed by atoms with Gasteiger partial charge in [-0.1, -0.05) is 80.2 Å². The predicted molar refractivity (Wildman–Crippen MR) is 177 cm³/mol. The Balaban J connectivity index is 1.70. The third-order valence-electron chi connectivity index (χ3n) is 7.04. The molecule has 10 heteroatoms. The number of hydrogen-bond donors (Lipinski definition) is 0. The van der Waals surface area contributed by atoms with Crippen LogP contribution in [0, 0.1) is 3.57 Å². The van der Waals surface area contributed by atoms with E-state index in [-0.39, 0.29) is 28.3 Å². The van der Waals surface area contributed by atoms with Gasteiger partial charge in [-0.05, 0) is 64.4 Å². The van der Waals surface area contributed by atoms with Gasteiger partial charge in [-0.25, -0.2) is 4.98 Å². The first-order valence-electron chi connectivity index (χ1n) is 13.8. The first-order chi connectivity index (χ1) is 21.6. The van der Waals surface area contributed by atoms with E-state index in [0.717, 1.165) is 15.4 Å². The second-order valence-corrected chi connectivity index (χ2v) is 12.8. The summed E-state index contributed by atoms with van der Waals surface area (Å²) in [6.07, 6.45) is 4.99. The molecule has 2 heterocycles. The minimum Gasteiger partial charge on any atom is -0.460 e. The fraction of sp³-hybridized carbons (Fsp3) is 0.114. The van der Waals surface area contributed by atoms with Gasteiger partial charge in [0.05, 0.1) is 18.0 Å². The van der Waals surface area contributed by atoms with Gasteiger partial charge in [0.15, 0.2) is 17.3 Å². The highest BCUT2D eigenvalue weighted by atomic mass is 127. The molecule has 0 amide bonds. The first-order valence-corrected chi connectivity index (χ1v) is 15.7. The minimum atomic E-state index is -2.61. The number of furan rings is 1. The number of ketones is 5. The molecule has 0 aliphatic heterocycles. The minimum absolute atomic E-state index is 0.0547. The molecule has 224 valence electrons. The smallest absolute Gasteiger partial charge is 0.266 e. The fourth-order valence-electron chi connectivity index (χ4n) is 4.62. The molecule has 0 fully saturated rings. The molecule has 0 radical (unpaired) electrons. The zero-order chi connectivity index (χ0) is 32.1. The summed E-state index contributed by atoms with van der Waals surface area (Å²) in [5.41, 5.74) is 0.740. The van der Waals surface area contributed by atoms with Crippen LogP contribution in [-0.2, 0) is 4.79 Å². The van der Waals surface area contributed by atoms with Crippen LogP contribution in [0.2, 0.25) is 0 Å². The number of aromatic nitrogens is 2. The molecule has 0 saturated heterocycles. The molecule has 1 atom stereocenters. The van der Waals surface area contributed by atoms with Crippen LogP contribution in [0.5, 0.6) is 0 Å². The van der Waals surface area contributed by atoms with Crippen LogP contribution in [0.4, 0.5) is 0 Å². The molecular formula is C35H25IN2O6S. The zero-order valence-corrected chi connectivity index (χ0v) is 27.1. The van der Waals surface area contributed by atoms with Crippen molar-refractivity contribution < 1.29 is 28.4 Å². The van der Waals surface area contributed by atoms with Gasteiger partial charge in [-0.2, -0.15) is 0 Å². The van der Waals surface area contributed by atoms with Crippen LogP contribution < -0.4 is 0 Å². The summed E-state index contributed by atoms with van der Waals surface area (Å²) in [4.78, 5) is 79.5. The number of carbonyl (C=O) groups is 5. The van der Waals surface area contributed by atoms with E-state index in [2.05, 4.69) is 32.6 Å². The topological polar surface area (TPSA) is 124 Å². The lowest BCUT2D eigenvalue weighted by atomic mass is 9.83. The molecule has 5 aromatic rings. The zero-order valence-electron chi connectivity index (χ0n) is 24.1. The van der Waals surface area contributed by atoms with Crippen LogP contribution in [0.25, 0.3) is 0 Å². The maximum absolute atomic E-state index is 14.7. The van der Waals surface area contributed by atoms with E-state index in [1.165, 1.54) is 36.8 Å². The Morgan fingerprint density at radius 1 is 0.800 bits per heavy atom. The number of carbonyl (C=O) groups excluding carboxylic acids is 5. The van der Waals surface area contributed by atoms with Crippen molar-refractivity contribution in [2.45, 2.75) is 29.4 Å². The van der Waals surface area contributed by atoms with Crippen LogP contribution in [0.15, 0.2) is 119 Å². The van der Waals surface area contributed by atoms with E-state index < -0.39 is 39.4 Å². The molecule has 0 spiro atoms. The maximum atomic E-state index is 14.7. The average molecular weight is 729 g/mol. The molecule has 3 aromatic carbocycles. The molecule has 0 bridgehead atoms. The molecule has 0 aliphatic rings. The summed E-state index contributed by atoms with van der Waals surface area (Å²) >= 11 is 2.80. The molecule has 45 heavy (non-hydrogen) atoms. The highest BCUT2D eigenvalue weighted by Crippen LogP contribution is 2.41. The monoisotopic (exact) mass is 728 g/mol. The normalized spacial score (nSPS) is 12.4. The van der Waals surface area contributed by atoms with Crippen molar-refractivity contribution in [1.29, 1.82) is 0 Å². The summed E-state index contributed by atoms with van der Waals surface area (Å²) in [5, 5.41) is 0. The van der Waals surface area contributed by atoms with Crippen LogP contribution >= 0.6 is 34.4 Å². The lowest BCUT2D eigenvalue weighted by molar-refractivity contribution is -0.115. The number of nitrogens with zero attached hydrogens (tertiary/aromatic N) is 2. The van der Waals surface area contributed by atoms with E-state index in [9.17, 15) is 24.0 Å². The second-order valence-electron chi connectivity index (χ2n) is 10.3. The lowest BCUT2D eigenvalue weighted by Gasteiger charge is -2.28. The Bertz CT molecular complexity index is 1890. The van der Waals surface area contributed by atoms with Crippen LogP contribution in [0.1, 0.15) is 72.7 Å². The molecular weight excluding hydrogens is 703 g/mol. The summed E-state index contributed by atoms with van der Waals surface area (Å²) in [5.74, 6) is -5.56. The third kappa shape index (κ3) is 6.47. The molecule has 1 unspecified atom stereocenters. The molecule has 0 saturated carbocycles. The van der Waals surface area contributed by atoms with E-state index >= 15 is 0 Å². The van der Waals surface area contributed by atoms with E-state index in [1.54, 1.807) is 66.7 Å². The number of benzene rings is 3. The Kier molecular flexibility index (Phi) is 9.64. The Hall–Kier alpha value is -4.55. The van der Waals surface area contributed by atoms with E-state index in [1.807, 2.05) is 13.8 Å². The van der Waals surface area contributed by atoms with Gasteiger partial charge in [-0.3, -0.25) is 29.0 Å². The van der Waals surface area contributed by atoms with Crippen LogP contribution in [-0.4, -0.2) is 43.6 Å². The standard InChI is InChI=1S/C35H25IN2O6S/c1-21(2)22-8-10-24(11-9-22)33(42)35(32(41)23-6-4-3-5-7-23,45-26-14-12-25(36)13-15-26)34(43)30(40)31-27(16-19-44-31)29(39)28-20-37-17-18-38-28/h3-21H,1-2H3. The maximum Gasteiger partial charge on any atom is 0.266 e. The van der Waals surface area contributed by atoms with Gasteiger partial charge in [0.2, 0.25) is 16.3 Å². The number of Topliss-reactive ketones (excluding diaryl/α,β-unsaturated/α-hetero) is 4. The van der Waals surface area contributed by atoms with E-state index in [4.69, 9.17) is 4.42 Å². The van der Waals surface area contributed by atoms with Crippen molar-refractivity contribution in [2.75, 3.05) is 0 Å². The molecule has 8 nitrogen and oxygen atoms in total. The second kappa shape index (κ2) is 13.6. The van der Waals surface area contributed by atoms with Gasteiger partial charge < -0.3 is 4.42 Å². The Morgan fingerprint density at radius 3 is 2.04 bits per heavy atom.